The molecule has 4 N–H and O–H groups in total. The van der Waals surface area contributed by atoms with Gasteiger partial charge in [-0.15, -0.1) is 11.8 Å². The number of hydrogen-bond donors (Lipinski definition) is 3. The normalized spacial score (nSPS) is 19.3. The average Bonchev–Trinajstić information content (AvgIpc) is 2.86. The number of amides is 2. The molecule has 0 radical (unpaired) electrons. The van der Waals surface area contributed by atoms with Gasteiger partial charge in [-0.2, -0.15) is 0 Å². The highest BCUT2D eigenvalue weighted by atomic mass is 32.2. The number of carbonyl (C=O) groups excluding carboxylic acids is 1. The van der Waals surface area contributed by atoms with E-state index in [1.54, 1.807) is 18.8 Å². The summed E-state index contributed by atoms with van der Waals surface area (Å²) in [5, 5.41) is 12.6. The Kier molecular flexibility index (Phi) is 6.97. The van der Waals surface area contributed by atoms with Crippen LogP contribution >= 0.6 is 11.8 Å². The van der Waals surface area contributed by atoms with Crippen molar-refractivity contribution in [3.8, 4) is 0 Å². The third kappa shape index (κ3) is 5.55. The van der Waals surface area contributed by atoms with Crippen LogP contribution in [0.5, 0.6) is 0 Å². The quantitative estimate of drug-likeness (QED) is 0.637. The van der Waals surface area contributed by atoms with Crippen LogP contribution in [0, 0.1) is 5.92 Å². The van der Waals surface area contributed by atoms with Crippen LogP contribution in [0.2, 0.25) is 0 Å². The minimum absolute atomic E-state index is 0.0703. The maximum absolute atomic E-state index is 12.0. The summed E-state index contributed by atoms with van der Waals surface area (Å²) in [6.07, 6.45) is 0.212. The Labute approximate surface area is 129 Å². The van der Waals surface area contributed by atoms with Crippen LogP contribution in [0.25, 0.3) is 0 Å². The van der Waals surface area contributed by atoms with Gasteiger partial charge in [-0.25, -0.2) is 9.59 Å². The zero-order valence-electron chi connectivity index (χ0n) is 12.7. The first kappa shape index (κ1) is 17.8. The molecule has 0 saturated carbocycles. The first-order valence-electron chi connectivity index (χ1n) is 7.00. The van der Waals surface area contributed by atoms with E-state index in [1.807, 2.05) is 0 Å². The molecule has 0 bridgehead atoms. The average molecular weight is 316 g/mol. The number of aliphatic carboxylic acids is 1. The Hall–Kier alpha value is -1.28. The van der Waals surface area contributed by atoms with Crippen LogP contribution in [0.3, 0.4) is 0 Å². The molecule has 1 rings (SSSR count). The fourth-order valence-corrected chi connectivity index (χ4v) is 3.03. The van der Waals surface area contributed by atoms with Gasteiger partial charge in [-0.05, 0) is 13.0 Å². The molecule has 120 valence electrons. The summed E-state index contributed by atoms with van der Waals surface area (Å²) in [6.45, 7) is 4.87. The van der Waals surface area contributed by atoms with Crippen molar-refractivity contribution in [2.24, 2.45) is 16.6 Å². The van der Waals surface area contributed by atoms with Crippen LogP contribution in [0.15, 0.2) is 4.99 Å². The molecule has 2 unspecified atom stereocenters. The van der Waals surface area contributed by atoms with E-state index < -0.39 is 18.0 Å². The molecule has 2 atom stereocenters. The molecule has 2 amide bonds. The van der Waals surface area contributed by atoms with Gasteiger partial charge in [-0.3, -0.25) is 4.99 Å². The molecule has 1 aliphatic heterocycles. The highest BCUT2D eigenvalue weighted by molar-refractivity contribution is 8.14. The van der Waals surface area contributed by atoms with Crippen LogP contribution in [-0.2, 0) is 4.79 Å². The monoisotopic (exact) mass is 316 g/mol. The molecule has 0 aliphatic carbocycles. The van der Waals surface area contributed by atoms with Gasteiger partial charge in [0.15, 0.2) is 0 Å². The number of hydrogen-bond acceptors (Lipinski definition) is 5. The van der Waals surface area contributed by atoms with E-state index in [2.05, 4.69) is 24.2 Å². The molecule has 21 heavy (non-hydrogen) atoms. The van der Waals surface area contributed by atoms with E-state index in [1.165, 1.54) is 4.90 Å². The van der Waals surface area contributed by atoms with Crippen molar-refractivity contribution in [1.82, 2.24) is 10.2 Å². The predicted octanol–water partition coefficient (Wildman–Crippen LogP) is 0.600. The summed E-state index contributed by atoms with van der Waals surface area (Å²) in [5.74, 6) is 0.190. The molecule has 0 aromatic heterocycles. The van der Waals surface area contributed by atoms with Crippen molar-refractivity contribution in [3.05, 3.63) is 0 Å². The van der Waals surface area contributed by atoms with Crippen molar-refractivity contribution < 1.29 is 14.7 Å². The molecule has 1 heterocycles. The zero-order valence-corrected chi connectivity index (χ0v) is 13.5. The maximum atomic E-state index is 12.0. The fraction of sp³-hybridized carbons (Fsp3) is 0.769. The Bertz CT molecular complexity index is 414. The third-order valence-electron chi connectivity index (χ3n) is 3.11. The lowest BCUT2D eigenvalue weighted by Crippen LogP contribution is -2.48. The molecule has 0 aromatic carbocycles. The lowest BCUT2D eigenvalue weighted by molar-refractivity contribution is -0.139. The fourth-order valence-electron chi connectivity index (χ4n) is 1.93. The van der Waals surface area contributed by atoms with Gasteiger partial charge in [0, 0.05) is 25.3 Å². The van der Waals surface area contributed by atoms with Gasteiger partial charge in [-0.1, -0.05) is 13.8 Å². The van der Waals surface area contributed by atoms with Gasteiger partial charge in [0.25, 0.3) is 0 Å². The minimum Gasteiger partial charge on any atom is -0.480 e. The Balaban J connectivity index is 2.50. The lowest BCUT2D eigenvalue weighted by Gasteiger charge is -2.22. The molecule has 7 nitrogen and oxygen atoms in total. The first-order chi connectivity index (χ1) is 9.85. The number of likely N-dealkylation sites (N-methyl/N-ethyl adjacent to an activating group) is 1. The van der Waals surface area contributed by atoms with Gasteiger partial charge in [0.05, 0.1) is 11.1 Å². The number of urea groups is 1. The second-order valence-electron chi connectivity index (χ2n) is 5.39. The SMILES string of the molecule is CC(C)C1=NC(CN(C)C(=O)NC(CCN)C(=O)O)CS1. The van der Waals surface area contributed by atoms with E-state index >= 15 is 0 Å². The summed E-state index contributed by atoms with van der Waals surface area (Å²) in [4.78, 5) is 29.0. The van der Waals surface area contributed by atoms with Gasteiger partial charge in [0.2, 0.25) is 0 Å². The van der Waals surface area contributed by atoms with Crippen molar-refractivity contribution in [2.45, 2.75) is 32.4 Å². The van der Waals surface area contributed by atoms with E-state index in [-0.39, 0.29) is 19.0 Å². The van der Waals surface area contributed by atoms with Crippen molar-refractivity contribution >= 4 is 28.8 Å². The van der Waals surface area contributed by atoms with E-state index in [9.17, 15) is 9.59 Å². The highest BCUT2D eigenvalue weighted by Crippen LogP contribution is 2.23. The Morgan fingerprint density at radius 1 is 1.57 bits per heavy atom. The standard InChI is InChI=1S/C13H24N4O3S/c1-8(2)11-15-9(7-21-11)6-17(3)13(20)16-10(4-5-14)12(18)19/h8-10H,4-7,14H2,1-3H3,(H,16,20)(H,18,19). The molecule has 0 fully saturated rings. The molecule has 1 aliphatic rings. The molecular formula is C13H24N4O3S. The van der Waals surface area contributed by atoms with Gasteiger partial charge >= 0.3 is 12.0 Å². The zero-order chi connectivity index (χ0) is 16.0. The number of nitrogens with zero attached hydrogens (tertiary/aromatic N) is 2. The third-order valence-corrected chi connectivity index (χ3v) is 4.53. The van der Waals surface area contributed by atoms with Gasteiger partial charge < -0.3 is 21.1 Å². The highest BCUT2D eigenvalue weighted by Gasteiger charge is 2.25. The molecule has 8 heteroatoms. The van der Waals surface area contributed by atoms with Crippen LogP contribution in [-0.4, -0.2) is 65.0 Å². The molecule has 0 spiro atoms. The Morgan fingerprint density at radius 2 is 2.24 bits per heavy atom. The predicted molar refractivity (Wildman–Crippen MR) is 84.8 cm³/mol. The minimum atomic E-state index is -1.07. The summed E-state index contributed by atoms with van der Waals surface area (Å²) in [7, 11) is 1.64. The number of aliphatic imine (C=N–C) groups is 1. The summed E-state index contributed by atoms with van der Waals surface area (Å²) >= 11 is 1.72. The topological polar surface area (TPSA) is 108 Å². The lowest BCUT2D eigenvalue weighted by atomic mass is 10.2. The van der Waals surface area contributed by atoms with Crippen molar-refractivity contribution in [3.63, 3.8) is 0 Å². The van der Waals surface area contributed by atoms with Crippen molar-refractivity contribution in [1.29, 1.82) is 0 Å². The smallest absolute Gasteiger partial charge is 0.326 e. The summed E-state index contributed by atoms with van der Waals surface area (Å²) in [5.41, 5.74) is 5.35. The van der Waals surface area contributed by atoms with Crippen LogP contribution in [0.1, 0.15) is 20.3 Å². The number of carboxylic acid groups (broad SMARTS) is 1. The number of thioether (sulfide) groups is 1. The van der Waals surface area contributed by atoms with Crippen LogP contribution < -0.4 is 11.1 Å². The molecule has 0 saturated heterocycles. The first-order valence-corrected chi connectivity index (χ1v) is 7.98. The van der Waals surface area contributed by atoms with E-state index in [4.69, 9.17) is 10.8 Å². The Morgan fingerprint density at radius 3 is 2.71 bits per heavy atom. The number of carboxylic acids is 1. The molecule has 0 aromatic rings. The van der Waals surface area contributed by atoms with E-state index in [0.717, 1.165) is 10.8 Å². The second kappa shape index (κ2) is 8.23. The summed E-state index contributed by atoms with van der Waals surface area (Å²) in [6, 6.07) is -1.28. The van der Waals surface area contributed by atoms with E-state index in [0.29, 0.717) is 12.5 Å². The van der Waals surface area contributed by atoms with Crippen molar-refractivity contribution in [2.75, 3.05) is 25.9 Å². The molecular weight excluding hydrogens is 292 g/mol. The number of nitrogens with two attached hydrogens (primary N) is 1. The number of rotatable bonds is 7. The number of carbonyl (C=O) groups is 2. The second-order valence-corrected chi connectivity index (χ2v) is 6.43. The van der Waals surface area contributed by atoms with Crippen LogP contribution in [0.4, 0.5) is 4.79 Å². The summed E-state index contributed by atoms with van der Waals surface area (Å²) < 4.78 is 0. The van der Waals surface area contributed by atoms with Gasteiger partial charge in [0.1, 0.15) is 6.04 Å². The number of nitrogens with one attached hydrogen (secondary N) is 1. The largest absolute Gasteiger partial charge is 0.480 e. The maximum Gasteiger partial charge on any atom is 0.326 e.